The molecule has 146 valence electrons. The summed E-state index contributed by atoms with van der Waals surface area (Å²) in [6.07, 6.45) is 0. The molecule has 27 heavy (non-hydrogen) atoms. The predicted octanol–water partition coefficient (Wildman–Crippen LogP) is 2.43. The second-order valence-electron chi connectivity index (χ2n) is 7.79. The van der Waals surface area contributed by atoms with Gasteiger partial charge in [0.1, 0.15) is 5.76 Å². The molecule has 1 aliphatic rings. The minimum atomic E-state index is -3.57. The first-order valence-electron chi connectivity index (χ1n) is 8.92. The third kappa shape index (κ3) is 4.06. The van der Waals surface area contributed by atoms with Gasteiger partial charge in [0.2, 0.25) is 10.0 Å². The molecule has 1 amide bonds. The third-order valence-electron chi connectivity index (χ3n) is 4.73. The van der Waals surface area contributed by atoms with Crippen LogP contribution in [0.25, 0.3) is 0 Å². The Kier molecular flexibility index (Phi) is 5.14. The van der Waals surface area contributed by atoms with E-state index in [-0.39, 0.29) is 35.0 Å². The molecule has 1 saturated heterocycles. The smallest absolute Gasteiger partial charge is 0.276 e. The fraction of sp³-hybridized carbons (Fsp3) is 0.474. The third-order valence-corrected chi connectivity index (χ3v) is 6.64. The van der Waals surface area contributed by atoms with E-state index in [2.05, 4.69) is 25.9 Å². The summed E-state index contributed by atoms with van der Waals surface area (Å²) in [5.41, 5.74) is 1.30. The van der Waals surface area contributed by atoms with Gasteiger partial charge in [-0.2, -0.15) is 4.31 Å². The quantitative estimate of drug-likeness (QED) is 0.802. The Morgan fingerprint density at radius 1 is 1.07 bits per heavy atom. The van der Waals surface area contributed by atoms with Crippen LogP contribution in [0.2, 0.25) is 0 Å². The topological polar surface area (TPSA) is 83.7 Å². The Balaban J connectivity index is 1.68. The van der Waals surface area contributed by atoms with Crippen molar-refractivity contribution in [2.75, 3.05) is 26.2 Å². The SMILES string of the molecule is Cc1cc(C(=O)N2CCN(S(=O)(=O)c3ccc(C(C)(C)C)cc3)CC2)no1. The molecule has 0 bridgehead atoms. The van der Waals surface area contributed by atoms with Crippen molar-refractivity contribution >= 4 is 15.9 Å². The van der Waals surface area contributed by atoms with Gasteiger partial charge in [0.15, 0.2) is 5.69 Å². The van der Waals surface area contributed by atoms with Crippen molar-refractivity contribution in [3.05, 3.63) is 47.3 Å². The van der Waals surface area contributed by atoms with E-state index >= 15 is 0 Å². The van der Waals surface area contributed by atoms with Crippen molar-refractivity contribution in [3.63, 3.8) is 0 Å². The predicted molar refractivity (Wildman–Crippen MR) is 101 cm³/mol. The second-order valence-corrected chi connectivity index (χ2v) is 9.73. The highest BCUT2D eigenvalue weighted by atomic mass is 32.2. The molecule has 2 aromatic rings. The van der Waals surface area contributed by atoms with E-state index in [0.717, 1.165) is 5.56 Å². The van der Waals surface area contributed by atoms with Gasteiger partial charge in [-0.1, -0.05) is 38.1 Å². The first-order chi connectivity index (χ1) is 12.6. The summed E-state index contributed by atoms with van der Waals surface area (Å²) in [5, 5.41) is 3.74. The number of benzene rings is 1. The number of piperazine rings is 1. The lowest BCUT2D eigenvalue weighted by Gasteiger charge is -2.33. The maximum Gasteiger partial charge on any atom is 0.276 e. The summed E-state index contributed by atoms with van der Waals surface area (Å²) in [4.78, 5) is 14.3. The van der Waals surface area contributed by atoms with Gasteiger partial charge in [0, 0.05) is 32.2 Å². The zero-order valence-electron chi connectivity index (χ0n) is 16.1. The minimum Gasteiger partial charge on any atom is -0.361 e. The number of carbonyl (C=O) groups excluding carboxylic acids is 1. The van der Waals surface area contributed by atoms with Gasteiger partial charge in [-0.3, -0.25) is 4.79 Å². The Morgan fingerprint density at radius 3 is 2.15 bits per heavy atom. The van der Waals surface area contributed by atoms with Crippen LogP contribution in [0.1, 0.15) is 42.6 Å². The van der Waals surface area contributed by atoms with Crippen molar-refractivity contribution in [1.29, 1.82) is 0 Å². The minimum absolute atomic E-state index is 0.0340. The highest BCUT2D eigenvalue weighted by Gasteiger charge is 2.31. The van der Waals surface area contributed by atoms with E-state index in [0.29, 0.717) is 18.8 Å². The molecule has 1 aliphatic heterocycles. The number of sulfonamides is 1. The molecular weight excluding hydrogens is 366 g/mol. The van der Waals surface area contributed by atoms with Crippen LogP contribution in [0.3, 0.4) is 0 Å². The molecular formula is C19H25N3O4S. The number of amides is 1. The van der Waals surface area contributed by atoms with Crippen molar-refractivity contribution < 1.29 is 17.7 Å². The van der Waals surface area contributed by atoms with E-state index in [4.69, 9.17) is 4.52 Å². The summed E-state index contributed by atoms with van der Waals surface area (Å²) in [5.74, 6) is 0.330. The van der Waals surface area contributed by atoms with Crippen LogP contribution in [0.5, 0.6) is 0 Å². The van der Waals surface area contributed by atoms with Crippen molar-refractivity contribution in [1.82, 2.24) is 14.4 Å². The molecule has 0 unspecified atom stereocenters. The van der Waals surface area contributed by atoms with Gasteiger partial charge >= 0.3 is 0 Å². The summed E-state index contributed by atoms with van der Waals surface area (Å²) in [7, 11) is -3.57. The molecule has 0 N–H and O–H groups in total. The van der Waals surface area contributed by atoms with Gasteiger partial charge in [0.05, 0.1) is 4.90 Å². The number of carbonyl (C=O) groups is 1. The molecule has 0 saturated carbocycles. The van der Waals surface area contributed by atoms with E-state index in [1.165, 1.54) is 4.31 Å². The zero-order chi connectivity index (χ0) is 19.8. The molecule has 0 atom stereocenters. The maximum absolute atomic E-state index is 12.9. The molecule has 0 radical (unpaired) electrons. The summed E-state index contributed by atoms with van der Waals surface area (Å²) >= 11 is 0. The van der Waals surface area contributed by atoms with Crippen LogP contribution in [0.4, 0.5) is 0 Å². The summed E-state index contributed by atoms with van der Waals surface area (Å²) in [6.45, 7) is 9.14. The largest absolute Gasteiger partial charge is 0.361 e. The van der Waals surface area contributed by atoms with Crippen molar-refractivity contribution in [3.8, 4) is 0 Å². The number of hydrogen-bond donors (Lipinski definition) is 0. The summed E-state index contributed by atoms with van der Waals surface area (Å²) in [6, 6.07) is 8.62. The normalized spacial score (nSPS) is 16.5. The van der Waals surface area contributed by atoms with Crippen LogP contribution in [0.15, 0.2) is 39.8 Å². The number of aromatic nitrogens is 1. The van der Waals surface area contributed by atoms with E-state index in [1.54, 1.807) is 30.0 Å². The highest BCUT2D eigenvalue weighted by molar-refractivity contribution is 7.89. The molecule has 1 fully saturated rings. The number of hydrogen-bond acceptors (Lipinski definition) is 5. The van der Waals surface area contributed by atoms with Gasteiger partial charge in [-0.25, -0.2) is 8.42 Å². The second kappa shape index (κ2) is 7.09. The number of rotatable bonds is 3. The molecule has 1 aromatic carbocycles. The number of aryl methyl sites for hydroxylation is 1. The van der Waals surface area contributed by atoms with Gasteiger partial charge in [-0.05, 0) is 30.0 Å². The Hall–Kier alpha value is -2.19. The number of nitrogens with zero attached hydrogens (tertiary/aromatic N) is 3. The average molecular weight is 391 g/mol. The maximum atomic E-state index is 12.9. The fourth-order valence-corrected chi connectivity index (χ4v) is 4.46. The van der Waals surface area contributed by atoms with E-state index < -0.39 is 10.0 Å². The summed E-state index contributed by atoms with van der Waals surface area (Å²) < 4.78 is 32.2. The monoisotopic (exact) mass is 391 g/mol. The Labute approximate surface area is 160 Å². The van der Waals surface area contributed by atoms with Gasteiger partial charge in [0.25, 0.3) is 5.91 Å². The van der Waals surface area contributed by atoms with Gasteiger partial charge in [-0.15, -0.1) is 0 Å². The lowest BCUT2D eigenvalue weighted by atomic mass is 9.87. The van der Waals surface area contributed by atoms with Crippen LogP contribution in [-0.2, 0) is 15.4 Å². The Bertz CT molecular complexity index is 919. The van der Waals surface area contributed by atoms with Gasteiger partial charge < -0.3 is 9.42 Å². The highest BCUT2D eigenvalue weighted by Crippen LogP contribution is 2.25. The van der Waals surface area contributed by atoms with Crippen LogP contribution >= 0.6 is 0 Å². The van der Waals surface area contributed by atoms with E-state index in [1.807, 2.05) is 12.1 Å². The molecule has 8 heteroatoms. The first kappa shape index (κ1) is 19.6. The van der Waals surface area contributed by atoms with Crippen molar-refractivity contribution in [2.24, 2.45) is 0 Å². The molecule has 0 aliphatic carbocycles. The first-order valence-corrected chi connectivity index (χ1v) is 10.4. The fourth-order valence-electron chi connectivity index (χ4n) is 3.04. The van der Waals surface area contributed by atoms with Crippen molar-refractivity contribution in [2.45, 2.75) is 38.0 Å². The molecule has 7 nitrogen and oxygen atoms in total. The van der Waals surface area contributed by atoms with Crippen LogP contribution < -0.4 is 0 Å². The lowest BCUT2D eigenvalue weighted by Crippen LogP contribution is -2.50. The Morgan fingerprint density at radius 2 is 1.67 bits per heavy atom. The molecule has 0 spiro atoms. The van der Waals surface area contributed by atoms with E-state index in [9.17, 15) is 13.2 Å². The molecule has 1 aromatic heterocycles. The lowest BCUT2D eigenvalue weighted by molar-refractivity contribution is 0.0687. The van der Waals surface area contributed by atoms with Crippen LogP contribution in [0, 0.1) is 6.92 Å². The average Bonchev–Trinajstić information content (AvgIpc) is 3.07. The van der Waals surface area contributed by atoms with Crippen LogP contribution in [-0.4, -0.2) is 54.9 Å². The molecule has 2 heterocycles. The molecule has 3 rings (SSSR count). The standard InChI is InChI=1S/C19H25N3O4S/c1-14-13-17(20-26-14)18(23)21-9-11-22(12-10-21)27(24,25)16-7-5-15(6-8-16)19(2,3)4/h5-8,13H,9-12H2,1-4H3. The zero-order valence-corrected chi connectivity index (χ0v) is 16.9.